The third-order valence-corrected chi connectivity index (χ3v) is 1.27. The summed E-state index contributed by atoms with van der Waals surface area (Å²) in [6.45, 7) is 6.20. The fourth-order valence-corrected chi connectivity index (χ4v) is 0.841. The van der Waals surface area contributed by atoms with Crippen molar-refractivity contribution in [2.45, 2.75) is 27.2 Å². The first-order chi connectivity index (χ1) is 5.51. The molecule has 12 heavy (non-hydrogen) atoms. The van der Waals surface area contributed by atoms with Crippen molar-refractivity contribution in [3.05, 3.63) is 11.7 Å². The lowest BCUT2D eigenvalue weighted by Gasteiger charge is -2.13. The molecule has 0 atom stereocenters. The van der Waals surface area contributed by atoms with Crippen molar-refractivity contribution in [2.24, 2.45) is 5.41 Å². The van der Waals surface area contributed by atoms with Crippen LogP contribution in [0.2, 0.25) is 0 Å². The Balaban J connectivity index is 2.70. The van der Waals surface area contributed by atoms with Gasteiger partial charge in [0.1, 0.15) is 0 Å². The van der Waals surface area contributed by atoms with E-state index in [1.807, 2.05) is 0 Å². The molecule has 1 aromatic rings. The molecule has 0 bridgehead atoms. The Morgan fingerprint density at radius 1 is 1.50 bits per heavy atom. The second kappa shape index (κ2) is 3.05. The van der Waals surface area contributed by atoms with Crippen molar-refractivity contribution in [1.82, 2.24) is 10.1 Å². The molecule has 1 heterocycles. The number of carbonyl (C=O) groups excluding carboxylic acids is 1. The van der Waals surface area contributed by atoms with Gasteiger partial charge in [-0.05, 0) is 5.41 Å². The topological polar surface area (TPSA) is 56.0 Å². The van der Waals surface area contributed by atoms with Crippen molar-refractivity contribution in [2.75, 3.05) is 0 Å². The highest BCUT2D eigenvalue weighted by Crippen LogP contribution is 2.18. The summed E-state index contributed by atoms with van der Waals surface area (Å²) >= 11 is 0. The molecule has 4 nitrogen and oxygen atoms in total. The summed E-state index contributed by atoms with van der Waals surface area (Å²) in [5.41, 5.74) is 0.104. The van der Waals surface area contributed by atoms with E-state index in [9.17, 15) is 4.79 Å². The van der Waals surface area contributed by atoms with Crippen LogP contribution in [0.5, 0.6) is 0 Å². The zero-order valence-corrected chi connectivity index (χ0v) is 7.50. The molecule has 0 saturated heterocycles. The maximum Gasteiger partial charge on any atom is 0.235 e. The van der Waals surface area contributed by atoms with E-state index in [2.05, 4.69) is 30.9 Å². The van der Waals surface area contributed by atoms with Gasteiger partial charge in [0.15, 0.2) is 6.29 Å². The number of rotatable bonds is 2. The van der Waals surface area contributed by atoms with E-state index in [1.165, 1.54) is 0 Å². The van der Waals surface area contributed by atoms with Crippen LogP contribution in [0.15, 0.2) is 4.52 Å². The van der Waals surface area contributed by atoms with Gasteiger partial charge in [0.2, 0.25) is 11.7 Å². The summed E-state index contributed by atoms with van der Waals surface area (Å²) in [6.07, 6.45) is 1.27. The smallest absolute Gasteiger partial charge is 0.235 e. The molecule has 4 heteroatoms. The van der Waals surface area contributed by atoms with Gasteiger partial charge >= 0.3 is 0 Å². The van der Waals surface area contributed by atoms with Crippen molar-refractivity contribution in [1.29, 1.82) is 0 Å². The Labute approximate surface area is 71.0 Å². The monoisotopic (exact) mass is 168 g/mol. The Hall–Kier alpha value is -1.19. The SMILES string of the molecule is CC(C)(C)Cc1nc(C=O)no1. The maximum absolute atomic E-state index is 10.2. The maximum atomic E-state index is 10.2. The largest absolute Gasteiger partial charge is 0.339 e. The van der Waals surface area contributed by atoms with Crippen LogP contribution in [-0.4, -0.2) is 16.4 Å². The average Bonchev–Trinajstić information content (AvgIpc) is 2.32. The Morgan fingerprint density at radius 2 is 2.17 bits per heavy atom. The molecule has 0 spiro atoms. The average molecular weight is 168 g/mol. The Morgan fingerprint density at radius 3 is 2.58 bits per heavy atom. The normalized spacial score (nSPS) is 11.6. The molecule has 1 rings (SSSR count). The second-order valence-corrected chi connectivity index (χ2v) is 3.90. The van der Waals surface area contributed by atoms with Gasteiger partial charge in [-0.25, -0.2) is 0 Å². The lowest BCUT2D eigenvalue weighted by atomic mass is 9.92. The van der Waals surface area contributed by atoms with Gasteiger partial charge in [0.25, 0.3) is 0 Å². The van der Waals surface area contributed by atoms with Gasteiger partial charge < -0.3 is 4.52 Å². The summed E-state index contributed by atoms with van der Waals surface area (Å²) in [5, 5.41) is 3.46. The summed E-state index contributed by atoms with van der Waals surface area (Å²) in [6, 6.07) is 0. The van der Waals surface area contributed by atoms with Crippen LogP contribution >= 0.6 is 0 Å². The molecule has 0 fully saturated rings. The summed E-state index contributed by atoms with van der Waals surface area (Å²) in [7, 11) is 0. The van der Waals surface area contributed by atoms with Crippen LogP contribution < -0.4 is 0 Å². The number of hydrogen-bond acceptors (Lipinski definition) is 4. The van der Waals surface area contributed by atoms with Crippen LogP contribution in [0.1, 0.15) is 37.3 Å². The van der Waals surface area contributed by atoms with E-state index in [-0.39, 0.29) is 11.2 Å². The van der Waals surface area contributed by atoms with Crippen LogP contribution in [0, 0.1) is 5.41 Å². The molecule has 0 unspecified atom stereocenters. The third kappa shape index (κ3) is 2.45. The quantitative estimate of drug-likeness (QED) is 0.627. The fourth-order valence-electron chi connectivity index (χ4n) is 0.841. The molecule has 0 saturated carbocycles. The molecule has 0 aromatic carbocycles. The van der Waals surface area contributed by atoms with Gasteiger partial charge in [0.05, 0.1) is 0 Å². The van der Waals surface area contributed by atoms with Gasteiger partial charge in [0, 0.05) is 6.42 Å². The number of carbonyl (C=O) groups is 1. The lowest BCUT2D eigenvalue weighted by molar-refractivity contribution is 0.111. The number of aromatic nitrogens is 2. The first kappa shape index (κ1) is 8.90. The first-order valence-electron chi connectivity index (χ1n) is 3.79. The molecule has 1 aromatic heterocycles. The van der Waals surface area contributed by atoms with Crippen molar-refractivity contribution in [3.8, 4) is 0 Å². The minimum absolute atomic E-state index is 0.104. The molecule has 0 N–H and O–H groups in total. The van der Waals surface area contributed by atoms with E-state index in [0.29, 0.717) is 18.6 Å². The highest BCUT2D eigenvalue weighted by atomic mass is 16.5. The second-order valence-electron chi connectivity index (χ2n) is 3.90. The highest BCUT2D eigenvalue weighted by Gasteiger charge is 2.16. The Bertz CT molecular complexity index is 273. The van der Waals surface area contributed by atoms with E-state index in [1.54, 1.807) is 0 Å². The van der Waals surface area contributed by atoms with Gasteiger partial charge in [-0.3, -0.25) is 4.79 Å². The van der Waals surface area contributed by atoms with Crippen molar-refractivity contribution >= 4 is 6.29 Å². The zero-order valence-electron chi connectivity index (χ0n) is 7.50. The molecule has 0 radical (unpaired) electrons. The van der Waals surface area contributed by atoms with E-state index < -0.39 is 0 Å². The third-order valence-electron chi connectivity index (χ3n) is 1.27. The summed E-state index contributed by atoms with van der Waals surface area (Å²) in [5.74, 6) is 0.638. The molecule has 0 aliphatic rings. The van der Waals surface area contributed by atoms with Gasteiger partial charge in [-0.15, -0.1) is 0 Å². The minimum atomic E-state index is 0.104. The molecular weight excluding hydrogens is 156 g/mol. The predicted molar refractivity (Wildman–Crippen MR) is 42.8 cm³/mol. The number of hydrogen-bond donors (Lipinski definition) is 0. The van der Waals surface area contributed by atoms with E-state index in [4.69, 9.17) is 4.52 Å². The van der Waals surface area contributed by atoms with Crippen LogP contribution in [0.4, 0.5) is 0 Å². The Kier molecular flexibility index (Phi) is 2.26. The molecule has 66 valence electrons. The molecular formula is C8H12N2O2. The van der Waals surface area contributed by atoms with E-state index >= 15 is 0 Å². The van der Waals surface area contributed by atoms with Crippen LogP contribution in [-0.2, 0) is 6.42 Å². The van der Waals surface area contributed by atoms with Gasteiger partial charge in [-0.2, -0.15) is 4.98 Å². The molecule has 0 aliphatic heterocycles. The van der Waals surface area contributed by atoms with Crippen molar-refractivity contribution < 1.29 is 9.32 Å². The molecule has 0 aliphatic carbocycles. The summed E-state index contributed by atoms with van der Waals surface area (Å²) in [4.78, 5) is 14.1. The predicted octanol–water partition coefficient (Wildman–Crippen LogP) is 1.47. The zero-order chi connectivity index (χ0) is 9.19. The lowest BCUT2D eigenvalue weighted by Crippen LogP contribution is -2.09. The highest BCUT2D eigenvalue weighted by molar-refractivity contribution is 5.68. The first-order valence-corrected chi connectivity index (χ1v) is 3.79. The summed E-state index contributed by atoms with van der Waals surface area (Å²) < 4.78 is 4.84. The van der Waals surface area contributed by atoms with E-state index in [0.717, 1.165) is 0 Å². The number of aldehydes is 1. The number of nitrogens with zero attached hydrogens (tertiary/aromatic N) is 2. The minimum Gasteiger partial charge on any atom is -0.339 e. The van der Waals surface area contributed by atoms with Crippen molar-refractivity contribution in [3.63, 3.8) is 0 Å². The van der Waals surface area contributed by atoms with Gasteiger partial charge in [-0.1, -0.05) is 25.9 Å². The molecule has 0 amide bonds. The standard InChI is InChI=1S/C8H12N2O2/c1-8(2,3)4-7-9-6(5-11)10-12-7/h5H,4H2,1-3H3. The van der Waals surface area contributed by atoms with Crippen LogP contribution in [0.3, 0.4) is 0 Å². The van der Waals surface area contributed by atoms with Crippen LogP contribution in [0.25, 0.3) is 0 Å². The fraction of sp³-hybridized carbons (Fsp3) is 0.625.